The molecule has 0 aliphatic heterocycles. The molecule has 1 unspecified atom stereocenters. The molecule has 0 aliphatic rings. The van der Waals surface area contributed by atoms with E-state index in [0.717, 1.165) is 0 Å². The van der Waals surface area contributed by atoms with Crippen molar-refractivity contribution in [2.24, 2.45) is 5.73 Å². The summed E-state index contributed by atoms with van der Waals surface area (Å²) in [5, 5.41) is 0.413. The van der Waals surface area contributed by atoms with Crippen molar-refractivity contribution in [3.8, 4) is 0 Å². The lowest BCUT2D eigenvalue weighted by Gasteiger charge is -2.31. The Morgan fingerprint density at radius 3 is 2.10 bits per heavy atom. The van der Waals surface area contributed by atoms with Crippen molar-refractivity contribution >= 4 is 19.2 Å². The second-order valence-corrected chi connectivity index (χ2v) is 6.80. The van der Waals surface area contributed by atoms with Crippen LogP contribution in [-0.4, -0.2) is 25.4 Å². The van der Waals surface area contributed by atoms with Crippen LogP contribution in [0.2, 0.25) is 5.02 Å². The van der Waals surface area contributed by atoms with Crippen molar-refractivity contribution in [3.63, 3.8) is 0 Å². The van der Waals surface area contributed by atoms with Gasteiger partial charge in [-0.3, -0.25) is 4.57 Å². The minimum absolute atomic E-state index is 0.148. The van der Waals surface area contributed by atoms with E-state index in [-0.39, 0.29) is 18.8 Å². The molecule has 120 valence electrons. The fourth-order valence-electron chi connectivity index (χ4n) is 1.91. The van der Waals surface area contributed by atoms with Crippen LogP contribution in [0.1, 0.15) is 25.3 Å². The molecular formula is C13H19ClF2NO3P. The SMILES string of the molecule is CCOP(=O)(OCC)C(F)(F)C(CN)c1ccc(Cl)cc1. The third-order valence-electron chi connectivity index (χ3n) is 2.89. The predicted molar refractivity (Wildman–Crippen MR) is 79.1 cm³/mol. The van der Waals surface area contributed by atoms with Crippen LogP contribution >= 0.6 is 19.2 Å². The molecule has 21 heavy (non-hydrogen) atoms. The molecular weight excluding hydrogens is 323 g/mol. The van der Waals surface area contributed by atoms with E-state index in [4.69, 9.17) is 26.4 Å². The van der Waals surface area contributed by atoms with Gasteiger partial charge in [-0.2, -0.15) is 8.78 Å². The molecule has 2 N–H and O–H groups in total. The van der Waals surface area contributed by atoms with Crippen molar-refractivity contribution in [2.45, 2.75) is 25.4 Å². The minimum Gasteiger partial charge on any atom is -0.330 e. The monoisotopic (exact) mass is 341 g/mol. The summed E-state index contributed by atoms with van der Waals surface area (Å²) in [4.78, 5) is 0. The summed E-state index contributed by atoms with van der Waals surface area (Å²) < 4.78 is 51.3. The summed E-state index contributed by atoms with van der Waals surface area (Å²) in [6, 6.07) is 5.80. The Bertz CT molecular complexity index is 489. The Balaban J connectivity index is 3.21. The second kappa shape index (κ2) is 7.65. The van der Waals surface area contributed by atoms with Crippen LogP contribution in [0, 0.1) is 0 Å². The first-order valence-electron chi connectivity index (χ1n) is 6.55. The van der Waals surface area contributed by atoms with Crippen molar-refractivity contribution in [2.75, 3.05) is 19.8 Å². The third kappa shape index (κ3) is 4.02. The van der Waals surface area contributed by atoms with E-state index in [1.807, 2.05) is 0 Å². The number of nitrogens with two attached hydrogens (primary N) is 1. The highest BCUT2D eigenvalue weighted by molar-refractivity contribution is 7.55. The third-order valence-corrected chi connectivity index (χ3v) is 5.38. The van der Waals surface area contributed by atoms with E-state index in [1.165, 1.54) is 38.1 Å². The maximum Gasteiger partial charge on any atom is 0.400 e. The first kappa shape index (κ1) is 18.5. The number of hydrogen-bond acceptors (Lipinski definition) is 4. The molecule has 8 heteroatoms. The zero-order valence-corrected chi connectivity index (χ0v) is 13.5. The maximum atomic E-state index is 14.7. The Hall–Kier alpha value is -0.520. The largest absolute Gasteiger partial charge is 0.400 e. The van der Waals surface area contributed by atoms with Gasteiger partial charge in [-0.05, 0) is 31.5 Å². The van der Waals surface area contributed by atoms with Crippen LogP contribution in [-0.2, 0) is 13.6 Å². The summed E-state index contributed by atoms with van der Waals surface area (Å²) in [6.45, 7) is 2.25. The minimum atomic E-state index is -4.62. The van der Waals surface area contributed by atoms with Gasteiger partial charge in [-0.15, -0.1) is 0 Å². The Morgan fingerprint density at radius 2 is 1.71 bits per heavy atom. The summed E-state index contributed by atoms with van der Waals surface area (Å²) in [7, 11) is -4.62. The normalized spacial score (nSPS) is 14.2. The standard InChI is InChI=1S/C13H19ClF2NO3P/c1-3-19-21(18,20-4-2)13(15,16)12(9-17)10-5-7-11(14)8-6-10/h5-8,12H,3-4,9,17H2,1-2H3. The van der Waals surface area contributed by atoms with Gasteiger partial charge < -0.3 is 14.8 Å². The molecule has 0 saturated heterocycles. The molecule has 1 aromatic rings. The average molecular weight is 342 g/mol. The summed E-state index contributed by atoms with van der Waals surface area (Å²) in [5.41, 5.74) is 1.97. The maximum absolute atomic E-state index is 14.7. The zero-order valence-electron chi connectivity index (χ0n) is 11.9. The first-order chi connectivity index (χ1) is 9.82. The molecule has 0 heterocycles. The van der Waals surface area contributed by atoms with E-state index < -0.39 is 25.7 Å². The van der Waals surface area contributed by atoms with Crippen molar-refractivity contribution < 1.29 is 22.4 Å². The van der Waals surface area contributed by atoms with E-state index in [0.29, 0.717) is 5.02 Å². The average Bonchev–Trinajstić information content (AvgIpc) is 2.42. The number of halogens is 3. The number of benzene rings is 1. The molecule has 0 aliphatic carbocycles. The number of alkyl halides is 2. The van der Waals surface area contributed by atoms with Crippen molar-refractivity contribution in [1.82, 2.24) is 0 Å². The lowest BCUT2D eigenvalue weighted by atomic mass is 10.00. The van der Waals surface area contributed by atoms with E-state index >= 15 is 0 Å². The van der Waals surface area contributed by atoms with Crippen molar-refractivity contribution in [3.05, 3.63) is 34.9 Å². The molecule has 0 saturated carbocycles. The van der Waals surface area contributed by atoms with Crippen LogP contribution in [0.4, 0.5) is 8.78 Å². The fraction of sp³-hybridized carbons (Fsp3) is 0.538. The van der Waals surface area contributed by atoms with Crippen LogP contribution in [0.3, 0.4) is 0 Å². The van der Waals surface area contributed by atoms with Gasteiger partial charge in [0.2, 0.25) is 0 Å². The molecule has 0 fully saturated rings. The van der Waals surface area contributed by atoms with Crippen LogP contribution in [0.5, 0.6) is 0 Å². The topological polar surface area (TPSA) is 61.5 Å². The van der Waals surface area contributed by atoms with Gasteiger partial charge in [0.05, 0.1) is 19.1 Å². The summed E-state index contributed by atoms with van der Waals surface area (Å²) in [6.07, 6.45) is 0. The van der Waals surface area contributed by atoms with Gasteiger partial charge in [0.15, 0.2) is 0 Å². The van der Waals surface area contributed by atoms with Crippen LogP contribution in [0.15, 0.2) is 24.3 Å². The molecule has 4 nitrogen and oxygen atoms in total. The van der Waals surface area contributed by atoms with Gasteiger partial charge in [-0.1, -0.05) is 23.7 Å². The smallest absolute Gasteiger partial charge is 0.330 e. The first-order valence-corrected chi connectivity index (χ1v) is 8.47. The Labute approximate surface area is 128 Å². The summed E-state index contributed by atoms with van der Waals surface area (Å²) >= 11 is 5.74. The van der Waals surface area contributed by atoms with Gasteiger partial charge in [0, 0.05) is 11.6 Å². The summed E-state index contributed by atoms with van der Waals surface area (Å²) in [5.74, 6) is -1.49. The number of rotatable bonds is 8. The molecule has 0 amide bonds. The van der Waals surface area contributed by atoms with Crippen LogP contribution in [0.25, 0.3) is 0 Å². The fourth-order valence-corrected chi connectivity index (χ4v) is 3.77. The van der Waals surface area contributed by atoms with Gasteiger partial charge in [0.25, 0.3) is 0 Å². The number of hydrogen-bond donors (Lipinski definition) is 1. The highest BCUT2D eigenvalue weighted by Crippen LogP contribution is 2.66. The molecule has 0 spiro atoms. The lowest BCUT2D eigenvalue weighted by molar-refractivity contribution is 0.0168. The quantitative estimate of drug-likeness (QED) is 0.718. The van der Waals surface area contributed by atoms with Crippen molar-refractivity contribution in [1.29, 1.82) is 0 Å². The zero-order chi connectivity index (χ0) is 16.1. The molecule has 1 rings (SSSR count). The van der Waals surface area contributed by atoms with Gasteiger partial charge in [-0.25, -0.2) is 0 Å². The van der Waals surface area contributed by atoms with E-state index in [2.05, 4.69) is 0 Å². The lowest BCUT2D eigenvalue weighted by Crippen LogP contribution is -2.33. The van der Waals surface area contributed by atoms with Gasteiger partial charge in [0.1, 0.15) is 0 Å². The highest BCUT2D eigenvalue weighted by Gasteiger charge is 2.58. The van der Waals surface area contributed by atoms with E-state index in [9.17, 15) is 13.3 Å². The molecule has 0 radical (unpaired) electrons. The predicted octanol–water partition coefficient (Wildman–Crippen LogP) is 4.24. The molecule has 1 atom stereocenters. The van der Waals surface area contributed by atoms with E-state index in [1.54, 1.807) is 0 Å². The Morgan fingerprint density at radius 1 is 1.24 bits per heavy atom. The second-order valence-electron chi connectivity index (χ2n) is 4.26. The molecule has 1 aromatic carbocycles. The highest BCUT2D eigenvalue weighted by atomic mass is 35.5. The van der Waals surface area contributed by atoms with Gasteiger partial charge >= 0.3 is 13.3 Å². The van der Waals surface area contributed by atoms with Crippen LogP contribution < -0.4 is 5.73 Å². The molecule has 0 aromatic heterocycles. The molecule has 0 bridgehead atoms. The Kier molecular flexibility index (Phi) is 6.75.